The molecule has 0 aromatic carbocycles. The van der Waals surface area contributed by atoms with Crippen molar-refractivity contribution in [2.45, 2.75) is 77.7 Å². The first-order chi connectivity index (χ1) is 10.5. The van der Waals surface area contributed by atoms with Gasteiger partial charge in [0.15, 0.2) is 0 Å². The molecule has 124 valence electrons. The monoisotopic (exact) mass is 304 g/mol. The molecule has 4 fully saturated rings. The van der Waals surface area contributed by atoms with Crippen LogP contribution < -0.4 is 5.84 Å². The van der Waals surface area contributed by atoms with Crippen LogP contribution in [0.1, 0.15) is 71.6 Å². The second-order valence-corrected chi connectivity index (χ2v) is 9.16. The van der Waals surface area contributed by atoms with E-state index in [2.05, 4.69) is 18.9 Å². The van der Waals surface area contributed by atoms with Gasteiger partial charge in [-0.25, -0.2) is 0 Å². The van der Waals surface area contributed by atoms with Crippen LogP contribution in [0.5, 0.6) is 0 Å². The van der Waals surface area contributed by atoms with Gasteiger partial charge in [0.25, 0.3) is 0 Å². The molecule has 22 heavy (non-hydrogen) atoms. The second-order valence-electron chi connectivity index (χ2n) is 9.16. The number of nitrogens with zero attached hydrogens (tertiary/aromatic N) is 1. The molecule has 0 unspecified atom stereocenters. The largest absolute Gasteiger partial charge is 0.393 e. The van der Waals surface area contributed by atoms with Crippen molar-refractivity contribution in [3.8, 4) is 0 Å². The van der Waals surface area contributed by atoms with Crippen molar-refractivity contribution in [2.24, 2.45) is 45.4 Å². The number of aliphatic hydroxyl groups is 1. The van der Waals surface area contributed by atoms with Gasteiger partial charge in [-0.3, -0.25) is 0 Å². The summed E-state index contributed by atoms with van der Waals surface area (Å²) >= 11 is 0. The lowest BCUT2D eigenvalue weighted by Gasteiger charge is -2.60. The Labute approximate surface area is 134 Å². The number of rotatable bonds is 0. The van der Waals surface area contributed by atoms with Crippen LogP contribution in [0.2, 0.25) is 0 Å². The van der Waals surface area contributed by atoms with Gasteiger partial charge in [0, 0.05) is 11.1 Å². The van der Waals surface area contributed by atoms with Gasteiger partial charge < -0.3 is 10.9 Å². The highest BCUT2D eigenvalue weighted by atomic mass is 16.3. The molecule has 0 aromatic rings. The Kier molecular flexibility index (Phi) is 3.38. The number of hydrogen-bond donors (Lipinski definition) is 2. The Balaban J connectivity index is 1.63. The van der Waals surface area contributed by atoms with Crippen molar-refractivity contribution in [2.75, 3.05) is 0 Å². The number of hydrogen-bond acceptors (Lipinski definition) is 3. The number of hydrazone groups is 1. The van der Waals surface area contributed by atoms with Crippen LogP contribution in [0, 0.1) is 34.5 Å². The molecule has 3 nitrogen and oxygen atoms in total. The Morgan fingerprint density at radius 3 is 2.64 bits per heavy atom. The fraction of sp³-hybridized carbons (Fsp3) is 0.947. The summed E-state index contributed by atoms with van der Waals surface area (Å²) < 4.78 is 0. The van der Waals surface area contributed by atoms with Crippen LogP contribution in [0.4, 0.5) is 0 Å². The molecule has 4 rings (SSSR count). The van der Waals surface area contributed by atoms with E-state index in [4.69, 9.17) is 5.84 Å². The average molecular weight is 304 g/mol. The van der Waals surface area contributed by atoms with Crippen molar-refractivity contribution in [1.29, 1.82) is 0 Å². The molecule has 3 N–H and O–H groups in total. The fourth-order valence-electron chi connectivity index (χ4n) is 7.24. The van der Waals surface area contributed by atoms with E-state index in [-0.39, 0.29) is 11.5 Å². The minimum atomic E-state index is -0.0362. The van der Waals surface area contributed by atoms with Crippen molar-refractivity contribution in [3.05, 3.63) is 0 Å². The maximum atomic E-state index is 10.1. The lowest BCUT2D eigenvalue weighted by molar-refractivity contribution is -0.113. The average Bonchev–Trinajstić information content (AvgIpc) is 2.84. The smallest absolute Gasteiger partial charge is 0.0543 e. The highest BCUT2D eigenvalue weighted by molar-refractivity contribution is 5.92. The van der Waals surface area contributed by atoms with Crippen LogP contribution in [0.3, 0.4) is 0 Å². The van der Waals surface area contributed by atoms with Crippen molar-refractivity contribution >= 4 is 5.71 Å². The molecule has 0 heterocycles. The van der Waals surface area contributed by atoms with Gasteiger partial charge in [0.2, 0.25) is 0 Å². The fourth-order valence-corrected chi connectivity index (χ4v) is 7.24. The summed E-state index contributed by atoms with van der Waals surface area (Å²) in [6, 6.07) is 0. The normalized spacial score (nSPS) is 56.3. The van der Waals surface area contributed by atoms with Gasteiger partial charge >= 0.3 is 0 Å². The van der Waals surface area contributed by atoms with Crippen LogP contribution in [0.25, 0.3) is 0 Å². The molecule has 4 saturated carbocycles. The van der Waals surface area contributed by atoms with E-state index < -0.39 is 0 Å². The highest BCUT2D eigenvalue weighted by Gasteiger charge is 2.59. The first-order valence-electron chi connectivity index (χ1n) is 9.44. The Hall–Kier alpha value is -0.570. The Morgan fingerprint density at radius 1 is 1.05 bits per heavy atom. The molecular weight excluding hydrogens is 272 g/mol. The quantitative estimate of drug-likeness (QED) is 0.529. The Morgan fingerprint density at radius 2 is 1.86 bits per heavy atom. The molecule has 0 aromatic heterocycles. The SMILES string of the molecule is C[C@]12CC[C@H](O)C[C@@H]1CC[C@@H]1[C@H]3CC/C(=N\N)[C@@]3(C)CC[C@@H]12. The minimum Gasteiger partial charge on any atom is -0.393 e. The lowest BCUT2D eigenvalue weighted by atomic mass is 9.45. The molecular formula is C19H32N2O. The third-order valence-electron chi connectivity index (χ3n) is 8.53. The van der Waals surface area contributed by atoms with E-state index in [1.807, 2.05) is 0 Å². The van der Waals surface area contributed by atoms with Crippen molar-refractivity contribution in [3.63, 3.8) is 0 Å². The molecule has 0 aliphatic heterocycles. The van der Waals surface area contributed by atoms with Gasteiger partial charge in [0.1, 0.15) is 0 Å². The first-order valence-corrected chi connectivity index (χ1v) is 9.44. The Bertz CT molecular complexity index is 490. The molecule has 0 bridgehead atoms. The molecule has 4 aliphatic carbocycles. The predicted octanol–water partition coefficient (Wildman–Crippen LogP) is 3.70. The zero-order valence-corrected chi connectivity index (χ0v) is 14.2. The summed E-state index contributed by atoms with van der Waals surface area (Å²) in [5, 5.41) is 14.3. The second kappa shape index (κ2) is 4.96. The van der Waals surface area contributed by atoms with E-state index >= 15 is 0 Å². The summed E-state index contributed by atoms with van der Waals surface area (Å²) in [7, 11) is 0. The van der Waals surface area contributed by atoms with Gasteiger partial charge in [-0.05, 0) is 86.9 Å². The van der Waals surface area contributed by atoms with Crippen molar-refractivity contribution < 1.29 is 5.11 Å². The van der Waals surface area contributed by atoms with Gasteiger partial charge in [-0.15, -0.1) is 0 Å². The molecule has 0 spiro atoms. The molecule has 3 heteroatoms. The molecule has 0 radical (unpaired) electrons. The third kappa shape index (κ3) is 1.87. The van der Waals surface area contributed by atoms with Gasteiger partial charge in [-0.2, -0.15) is 5.10 Å². The van der Waals surface area contributed by atoms with Gasteiger partial charge in [-0.1, -0.05) is 13.8 Å². The maximum Gasteiger partial charge on any atom is 0.0543 e. The number of nitrogens with two attached hydrogens (primary N) is 1. The summed E-state index contributed by atoms with van der Waals surface area (Å²) in [5.41, 5.74) is 2.06. The van der Waals surface area contributed by atoms with E-state index in [1.165, 1.54) is 44.2 Å². The predicted molar refractivity (Wildman–Crippen MR) is 89.4 cm³/mol. The van der Waals surface area contributed by atoms with Gasteiger partial charge in [0.05, 0.1) is 6.10 Å². The lowest BCUT2D eigenvalue weighted by Crippen LogP contribution is -2.54. The summed E-state index contributed by atoms with van der Waals surface area (Å²) in [6.45, 7) is 4.99. The minimum absolute atomic E-state index is 0.0362. The summed E-state index contributed by atoms with van der Waals surface area (Å²) in [6.07, 6.45) is 11.0. The number of fused-ring (bicyclic) bond motifs is 5. The van der Waals surface area contributed by atoms with E-state index in [0.717, 1.165) is 42.9 Å². The van der Waals surface area contributed by atoms with Crippen LogP contribution >= 0.6 is 0 Å². The van der Waals surface area contributed by atoms with Crippen LogP contribution in [-0.2, 0) is 0 Å². The first kappa shape index (κ1) is 15.0. The van der Waals surface area contributed by atoms with E-state index in [0.29, 0.717) is 5.41 Å². The summed E-state index contributed by atoms with van der Waals surface area (Å²) in [4.78, 5) is 0. The zero-order valence-electron chi connectivity index (χ0n) is 14.2. The summed E-state index contributed by atoms with van der Waals surface area (Å²) in [5.74, 6) is 9.00. The number of aliphatic hydroxyl groups excluding tert-OH is 1. The maximum absolute atomic E-state index is 10.1. The third-order valence-corrected chi connectivity index (χ3v) is 8.53. The van der Waals surface area contributed by atoms with E-state index in [9.17, 15) is 5.11 Å². The highest BCUT2D eigenvalue weighted by Crippen LogP contribution is 2.65. The topological polar surface area (TPSA) is 58.6 Å². The molecule has 4 aliphatic rings. The van der Waals surface area contributed by atoms with Crippen molar-refractivity contribution in [1.82, 2.24) is 0 Å². The zero-order chi connectivity index (χ0) is 15.5. The molecule has 7 atom stereocenters. The molecule has 0 saturated heterocycles. The van der Waals surface area contributed by atoms with Crippen LogP contribution in [-0.4, -0.2) is 16.9 Å². The molecule has 0 amide bonds. The van der Waals surface area contributed by atoms with E-state index in [1.54, 1.807) is 0 Å². The van der Waals surface area contributed by atoms with Crippen LogP contribution in [0.15, 0.2) is 5.10 Å². The standard InChI is InChI=1S/C19H32N2O/c1-18-9-7-13(22)11-12(18)3-4-14-15-5-6-17(21-20)19(15,2)10-8-16(14)18/h12-16,22H,3-11,20H2,1-2H3/b21-17+/t12-,13-,14+,15+,16-,18-,19-/m0/s1.